The van der Waals surface area contributed by atoms with Crippen molar-refractivity contribution >= 4 is 72.0 Å². The zero-order valence-electron chi connectivity index (χ0n) is 16.2. The van der Waals surface area contributed by atoms with Crippen LogP contribution in [0.5, 0.6) is 11.5 Å². The number of nitrogens with one attached hydrogen (secondary N) is 1. The molecule has 9 heteroatoms. The van der Waals surface area contributed by atoms with Gasteiger partial charge in [-0.2, -0.15) is 5.10 Å². The van der Waals surface area contributed by atoms with Gasteiger partial charge in [0.25, 0.3) is 0 Å². The van der Waals surface area contributed by atoms with Gasteiger partial charge in [-0.3, -0.25) is 5.43 Å². The van der Waals surface area contributed by atoms with Crippen LogP contribution in [0.1, 0.15) is 11.1 Å². The molecule has 1 N–H and O–H groups in total. The third-order valence-electron chi connectivity index (χ3n) is 4.31. The number of thiazole rings is 1. The number of methoxy groups -OCH3 is 1. The van der Waals surface area contributed by atoms with Gasteiger partial charge in [0.05, 0.1) is 28.0 Å². The van der Waals surface area contributed by atoms with Crippen molar-refractivity contribution in [3.8, 4) is 11.5 Å². The molecular formula is C22H16BrCl2N3O2S. The standard InChI is InChI=1S/C22H16BrCl2N3O2S/c1-29-19-9-13(11-26-28-22-27-18-4-2-3-5-20(18)31-22)8-16(23)21(19)30-12-14-6-7-15(24)10-17(14)25/h2-11H,12H2,1H3,(H,27,28)/b26-11-. The topological polar surface area (TPSA) is 55.7 Å². The SMILES string of the molecule is COc1cc(/C=N\Nc2nc3ccccc3s2)cc(Br)c1OCc1ccc(Cl)cc1Cl. The van der Waals surface area contributed by atoms with Gasteiger partial charge in [-0.1, -0.05) is 52.7 Å². The van der Waals surface area contributed by atoms with Crippen LogP contribution < -0.4 is 14.9 Å². The number of hydrogen-bond donors (Lipinski definition) is 1. The third kappa shape index (κ3) is 5.30. The van der Waals surface area contributed by atoms with E-state index in [4.69, 9.17) is 32.7 Å². The van der Waals surface area contributed by atoms with Crippen molar-refractivity contribution in [1.82, 2.24) is 4.98 Å². The summed E-state index contributed by atoms with van der Waals surface area (Å²) in [5.74, 6) is 1.14. The largest absolute Gasteiger partial charge is 0.493 e. The lowest BCUT2D eigenvalue weighted by Crippen LogP contribution is -2.00. The Bertz CT molecular complexity index is 1230. The molecule has 5 nitrogen and oxygen atoms in total. The molecule has 0 spiro atoms. The van der Waals surface area contributed by atoms with E-state index in [2.05, 4.69) is 31.4 Å². The fourth-order valence-corrected chi connectivity index (χ4v) is 4.68. The van der Waals surface area contributed by atoms with E-state index in [1.807, 2.05) is 42.5 Å². The first-order valence-electron chi connectivity index (χ1n) is 9.12. The molecule has 31 heavy (non-hydrogen) atoms. The van der Waals surface area contributed by atoms with E-state index in [9.17, 15) is 0 Å². The summed E-state index contributed by atoms with van der Waals surface area (Å²) in [7, 11) is 1.59. The molecule has 1 aromatic heterocycles. The normalized spacial score (nSPS) is 11.2. The van der Waals surface area contributed by atoms with Crippen LogP contribution in [-0.2, 0) is 6.61 Å². The van der Waals surface area contributed by atoms with Gasteiger partial charge >= 0.3 is 0 Å². The smallest absolute Gasteiger partial charge is 0.204 e. The summed E-state index contributed by atoms with van der Waals surface area (Å²) in [6.07, 6.45) is 1.69. The first-order chi connectivity index (χ1) is 15.0. The van der Waals surface area contributed by atoms with Crippen molar-refractivity contribution in [3.63, 3.8) is 0 Å². The minimum atomic E-state index is 0.275. The Morgan fingerprint density at radius 3 is 2.77 bits per heavy atom. The molecule has 0 saturated carbocycles. The van der Waals surface area contributed by atoms with Crippen molar-refractivity contribution < 1.29 is 9.47 Å². The van der Waals surface area contributed by atoms with Gasteiger partial charge in [0.1, 0.15) is 6.61 Å². The van der Waals surface area contributed by atoms with Crippen LogP contribution in [0.15, 0.2) is 64.2 Å². The number of ether oxygens (including phenoxy) is 2. The molecular weight excluding hydrogens is 521 g/mol. The first-order valence-corrected chi connectivity index (χ1v) is 11.5. The van der Waals surface area contributed by atoms with Crippen molar-refractivity contribution in [3.05, 3.63) is 80.2 Å². The van der Waals surface area contributed by atoms with E-state index < -0.39 is 0 Å². The van der Waals surface area contributed by atoms with Crippen molar-refractivity contribution in [2.24, 2.45) is 5.10 Å². The maximum Gasteiger partial charge on any atom is 0.204 e. The number of benzene rings is 3. The van der Waals surface area contributed by atoms with E-state index in [0.717, 1.165) is 30.9 Å². The summed E-state index contributed by atoms with van der Waals surface area (Å²) in [5.41, 5.74) is 5.57. The molecule has 0 fully saturated rings. The summed E-state index contributed by atoms with van der Waals surface area (Å²) in [6.45, 7) is 0.275. The minimum Gasteiger partial charge on any atom is -0.493 e. The van der Waals surface area contributed by atoms with E-state index >= 15 is 0 Å². The maximum absolute atomic E-state index is 6.23. The molecule has 4 aromatic rings. The number of hydrogen-bond acceptors (Lipinski definition) is 6. The van der Waals surface area contributed by atoms with Crippen LogP contribution in [0.3, 0.4) is 0 Å². The average molecular weight is 537 g/mol. The predicted octanol–water partition coefficient (Wildman–Crippen LogP) is 7.40. The molecule has 0 unspecified atom stereocenters. The maximum atomic E-state index is 6.23. The Labute approximate surface area is 201 Å². The van der Waals surface area contributed by atoms with Crippen LogP contribution in [0.4, 0.5) is 5.13 Å². The molecule has 0 aliphatic heterocycles. The summed E-state index contributed by atoms with van der Waals surface area (Å²) in [5, 5.41) is 6.15. The zero-order valence-corrected chi connectivity index (χ0v) is 20.1. The van der Waals surface area contributed by atoms with E-state index in [1.165, 1.54) is 0 Å². The summed E-state index contributed by atoms with van der Waals surface area (Å²) >= 11 is 17.3. The molecule has 158 valence electrons. The Hall–Kier alpha value is -2.32. The second-order valence-corrected chi connectivity index (χ2v) is 9.14. The lowest BCUT2D eigenvalue weighted by Gasteiger charge is -2.14. The van der Waals surface area contributed by atoms with Crippen LogP contribution in [0, 0.1) is 0 Å². The summed E-state index contributed by atoms with van der Waals surface area (Å²) in [4.78, 5) is 4.50. The molecule has 0 aliphatic rings. The fourth-order valence-electron chi connectivity index (χ4n) is 2.83. The van der Waals surface area contributed by atoms with Gasteiger partial charge in [-0.15, -0.1) is 0 Å². The highest BCUT2D eigenvalue weighted by Gasteiger charge is 2.13. The molecule has 0 bridgehead atoms. The molecule has 0 radical (unpaired) electrons. The number of para-hydroxylation sites is 1. The van der Waals surface area contributed by atoms with Gasteiger partial charge in [-0.05, 0) is 57.9 Å². The Morgan fingerprint density at radius 2 is 2.00 bits per heavy atom. The van der Waals surface area contributed by atoms with Gasteiger partial charge in [0.2, 0.25) is 5.13 Å². The van der Waals surface area contributed by atoms with Crippen LogP contribution in [-0.4, -0.2) is 18.3 Å². The number of nitrogens with zero attached hydrogens (tertiary/aromatic N) is 2. The second kappa shape index (κ2) is 9.87. The summed E-state index contributed by atoms with van der Waals surface area (Å²) in [6, 6.07) is 17.0. The molecule has 0 atom stereocenters. The zero-order chi connectivity index (χ0) is 21.8. The van der Waals surface area contributed by atoms with Crippen molar-refractivity contribution in [2.45, 2.75) is 6.61 Å². The third-order valence-corrected chi connectivity index (χ3v) is 6.42. The number of halogens is 3. The van der Waals surface area contributed by atoms with Gasteiger partial charge in [-0.25, -0.2) is 4.98 Å². The van der Waals surface area contributed by atoms with Crippen molar-refractivity contribution in [2.75, 3.05) is 12.5 Å². The number of rotatable bonds is 7. The average Bonchev–Trinajstić information content (AvgIpc) is 3.16. The van der Waals surface area contributed by atoms with Gasteiger partial charge < -0.3 is 9.47 Å². The molecule has 0 amide bonds. The Kier molecular flexibility index (Phi) is 6.97. The highest BCUT2D eigenvalue weighted by molar-refractivity contribution is 9.10. The molecule has 3 aromatic carbocycles. The van der Waals surface area contributed by atoms with E-state index in [0.29, 0.717) is 21.5 Å². The summed E-state index contributed by atoms with van der Waals surface area (Å²) < 4.78 is 13.3. The molecule has 0 aliphatic carbocycles. The monoisotopic (exact) mass is 535 g/mol. The minimum absolute atomic E-state index is 0.275. The first kappa shape index (κ1) is 21.9. The Morgan fingerprint density at radius 1 is 1.16 bits per heavy atom. The van der Waals surface area contributed by atoms with Gasteiger partial charge in [0, 0.05) is 15.6 Å². The van der Waals surface area contributed by atoms with Gasteiger partial charge in [0.15, 0.2) is 11.5 Å². The molecule has 4 rings (SSSR count). The van der Waals surface area contributed by atoms with Crippen molar-refractivity contribution in [1.29, 1.82) is 0 Å². The van der Waals surface area contributed by atoms with Crippen LogP contribution >= 0.6 is 50.5 Å². The highest BCUT2D eigenvalue weighted by atomic mass is 79.9. The Balaban J connectivity index is 1.48. The lowest BCUT2D eigenvalue weighted by molar-refractivity contribution is 0.282. The highest BCUT2D eigenvalue weighted by Crippen LogP contribution is 2.37. The molecule has 1 heterocycles. The fraction of sp³-hybridized carbons (Fsp3) is 0.0909. The van der Waals surface area contributed by atoms with Crippen LogP contribution in [0.2, 0.25) is 10.0 Å². The van der Waals surface area contributed by atoms with Crippen LogP contribution in [0.25, 0.3) is 10.2 Å². The van der Waals surface area contributed by atoms with E-state index in [1.54, 1.807) is 36.8 Å². The lowest BCUT2D eigenvalue weighted by atomic mass is 10.2. The van der Waals surface area contributed by atoms with E-state index in [-0.39, 0.29) is 6.61 Å². The number of hydrazone groups is 1. The predicted molar refractivity (Wildman–Crippen MR) is 132 cm³/mol. The molecule has 0 saturated heterocycles. The number of aromatic nitrogens is 1. The number of fused-ring (bicyclic) bond motifs is 1. The second-order valence-electron chi connectivity index (χ2n) is 6.42. The number of anilines is 1. The quantitative estimate of drug-likeness (QED) is 0.197.